The van der Waals surface area contributed by atoms with Gasteiger partial charge < -0.3 is 10.4 Å². The van der Waals surface area contributed by atoms with E-state index < -0.39 is 6.10 Å². The van der Waals surface area contributed by atoms with Gasteiger partial charge in [-0.25, -0.2) is 0 Å². The van der Waals surface area contributed by atoms with Crippen LogP contribution in [0.25, 0.3) is 0 Å². The summed E-state index contributed by atoms with van der Waals surface area (Å²) in [6.07, 6.45) is 1.28. The van der Waals surface area contributed by atoms with Crippen molar-refractivity contribution in [1.29, 1.82) is 0 Å². The number of halogens is 2. The highest BCUT2D eigenvalue weighted by molar-refractivity contribution is 7.99. The van der Waals surface area contributed by atoms with E-state index in [2.05, 4.69) is 5.32 Å². The Balaban J connectivity index is 1.89. The molecule has 1 saturated heterocycles. The Bertz CT molecular complexity index is 458. The molecule has 110 valence electrons. The Labute approximate surface area is 133 Å². The van der Waals surface area contributed by atoms with Crippen LogP contribution >= 0.6 is 35.0 Å². The van der Waals surface area contributed by atoms with Crippen molar-refractivity contribution in [2.75, 3.05) is 11.5 Å². The number of hydrogen-bond acceptors (Lipinski definition) is 3. The average molecular weight is 334 g/mol. The lowest BCUT2D eigenvalue weighted by Gasteiger charge is -2.23. The van der Waals surface area contributed by atoms with E-state index in [9.17, 15) is 9.90 Å². The van der Waals surface area contributed by atoms with E-state index in [-0.39, 0.29) is 18.4 Å². The van der Waals surface area contributed by atoms with Crippen molar-refractivity contribution >= 4 is 40.9 Å². The number of aliphatic hydroxyl groups excluding tert-OH is 1. The van der Waals surface area contributed by atoms with Crippen molar-refractivity contribution in [3.63, 3.8) is 0 Å². The molecule has 2 rings (SSSR count). The number of aliphatic hydroxyl groups is 1. The van der Waals surface area contributed by atoms with Gasteiger partial charge in [-0.05, 0) is 42.4 Å². The van der Waals surface area contributed by atoms with Gasteiger partial charge >= 0.3 is 0 Å². The van der Waals surface area contributed by atoms with E-state index in [0.29, 0.717) is 15.6 Å². The fraction of sp³-hybridized carbons (Fsp3) is 0.500. The summed E-state index contributed by atoms with van der Waals surface area (Å²) in [5.41, 5.74) is 0.565. The van der Waals surface area contributed by atoms with Crippen molar-refractivity contribution in [2.24, 2.45) is 0 Å². The largest absolute Gasteiger partial charge is 0.388 e. The maximum absolute atomic E-state index is 11.9. The number of carbonyl (C=O) groups is 1. The molecule has 0 bridgehead atoms. The van der Waals surface area contributed by atoms with Gasteiger partial charge in [-0.3, -0.25) is 4.79 Å². The molecule has 0 spiro atoms. The molecule has 1 heterocycles. The van der Waals surface area contributed by atoms with Crippen LogP contribution in [-0.2, 0) is 4.79 Å². The second-order valence-electron chi connectivity index (χ2n) is 4.90. The third-order valence-corrected chi connectivity index (χ3v) is 4.83. The fourth-order valence-electron chi connectivity index (χ4n) is 2.20. The normalized spacial score (nSPS) is 20.4. The van der Waals surface area contributed by atoms with Crippen LogP contribution in [0.2, 0.25) is 10.0 Å². The second kappa shape index (κ2) is 7.55. The topological polar surface area (TPSA) is 49.3 Å². The molecule has 1 aliphatic rings. The molecule has 1 aromatic rings. The summed E-state index contributed by atoms with van der Waals surface area (Å²) >= 11 is 13.6. The van der Waals surface area contributed by atoms with Crippen LogP contribution in [-0.4, -0.2) is 28.6 Å². The highest BCUT2D eigenvalue weighted by atomic mass is 35.5. The van der Waals surface area contributed by atoms with E-state index in [1.807, 2.05) is 11.8 Å². The first-order valence-corrected chi connectivity index (χ1v) is 8.47. The van der Waals surface area contributed by atoms with Crippen LogP contribution in [0.5, 0.6) is 0 Å². The van der Waals surface area contributed by atoms with Crippen LogP contribution in [0.15, 0.2) is 18.2 Å². The molecule has 1 fully saturated rings. The summed E-state index contributed by atoms with van der Waals surface area (Å²) in [6, 6.07) is 5.07. The molecule has 1 amide bonds. The lowest BCUT2D eigenvalue weighted by molar-refractivity contribution is -0.123. The van der Waals surface area contributed by atoms with Crippen molar-refractivity contribution in [1.82, 2.24) is 5.32 Å². The maximum Gasteiger partial charge on any atom is 0.223 e. The molecule has 20 heavy (non-hydrogen) atoms. The summed E-state index contributed by atoms with van der Waals surface area (Å²) in [5, 5.41) is 14.0. The Hall–Kier alpha value is -0.420. The molecule has 2 unspecified atom stereocenters. The van der Waals surface area contributed by atoms with E-state index in [1.54, 1.807) is 18.2 Å². The number of benzene rings is 1. The molecule has 0 aromatic heterocycles. The number of rotatable bonds is 4. The minimum atomic E-state index is -0.887. The zero-order valence-corrected chi connectivity index (χ0v) is 13.3. The molecule has 2 atom stereocenters. The van der Waals surface area contributed by atoms with Crippen molar-refractivity contribution in [3.8, 4) is 0 Å². The van der Waals surface area contributed by atoms with E-state index in [1.165, 1.54) is 0 Å². The quantitative estimate of drug-likeness (QED) is 0.887. The van der Waals surface area contributed by atoms with Crippen LogP contribution < -0.4 is 5.32 Å². The van der Waals surface area contributed by atoms with Crippen LogP contribution in [0.4, 0.5) is 0 Å². The molecule has 1 aromatic carbocycles. The Kier molecular flexibility index (Phi) is 6.02. The number of thioether (sulfide) groups is 1. The third kappa shape index (κ3) is 4.85. The summed E-state index contributed by atoms with van der Waals surface area (Å²) < 4.78 is 0. The maximum atomic E-state index is 11.9. The molecule has 0 aliphatic carbocycles. The molecule has 1 aliphatic heterocycles. The van der Waals surface area contributed by atoms with Gasteiger partial charge in [0.1, 0.15) is 0 Å². The highest BCUT2D eigenvalue weighted by Crippen LogP contribution is 2.25. The molecule has 0 saturated carbocycles. The van der Waals surface area contributed by atoms with Crippen molar-refractivity contribution in [3.05, 3.63) is 33.8 Å². The van der Waals surface area contributed by atoms with E-state index in [0.717, 1.165) is 24.3 Å². The zero-order chi connectivity index (χ0) is 14.5. The minimum absolute atomic E-state index is 0.0256. The number of hydrogen-bond donors (Lipinski definition) is 2. The first-order valence-electron chi connectivity index (χ1n) is 6.56. The lowest BCUT2D eigenvalue weighted by Crippen LogP contribution is -2.38. The number of amides is 1. The van der Waals surface area contributed by atoms with Gasteiger partial charge in [-0.2, -0.15) is 11.8 Å². The second-order valence-corrected chi connectivity index (χ2v) is 6.93. The molecular formula is C14H17Cl2NO2S. The Morgan fingerprint density at radius 2 is 2.10 bits per heavy atom. The SMILES string of the molecule is O=C(CC(O)c1cc(Cl)cc(Cl)c1)NC1CCCSC1. The van der Waals surface area contributed by atoms with Crippen LogP contribution in [0, 0.1) is 0 Å². The summed E-state index contributed by atoms with van der Waals surface area (Å²) in [5.74, 6) is 1.97. The van der Waals surface area contributed by atoms with E-state index >= 15 is 0 Å². The summed E-state index contributed by atoms with van der Waals surface area (Å²) in [6.45, 7) is 0. The van der Waals surface area contributed by atoms with Gasteiger partial charge in [-0.15, -0.1) is 0 Å². The standard InChI is InChI=1S/C14H17Cl2NO2S/c15-10-4-9(5-11(16)6-10)13(18)7-14(19)17-12-2-1-3-20-8-12/h4-6,12-13,18H,1-3,7-8H2,(H,17,19). The minimum Gasteiger partial charge on any atom is -0.388 e. The van der Waals surface area contributed by atoms with Crippen molar-refractivity contribution < 1.29 is 9.90 Å². The average Bonchev–Trinajstić information content (AvgIpc) is 2.38. The summed E-state index contributed by atoms with van der Waals surface area (Å²) in [4.78, 5) is 11.9. The van der Waals surface area contributed by atoms with Gasteiger partial charge in [0.15, 0.2) is 0 Å². The summed E-state index contributed by atoms with van der Waals surface area (Å²) in [7, 11) is 0. The van der Waals surface area contributed by atoms with Gasteiger partial charge in [0.05, 0.1) is 12.5 Å². The van der Waals surface area contributed by atoms with Gasteiger partial charge in [0.25, 0.3) is 0 Å². The predicted octanol–water partition coefficient (Wildman–Crippen LogP) is 3.43. The van der Waals surface area contributed by atoms with Gasteiger partial charge in [0, 0.05) is 21.8 Å². The predicted molar refractivity (Wildman–Crippen MR) is 84.5 cm³/mol. The molecule has 2 N–H and O–H groups in total. The molecule has 0 radical (unpaired) electrons. The van der Waals surface area contributed by atoms with Gasteiger partial charge in [0.2, 0.25) is 5.91 Å². The molecule has 3 nitrogen and oxygen atoms in total. The first-order chi connectivity index (χ1) is 9.54. The molecule has 6 heteroatoms. The van der Waals surface area contributed by atoms with Crippen molar-refractivity contribution in [2.45, 2.75) is 31.4 Å². The van der Waals surface area contributed by atoms with E-state index in [4.69, 9.17) is 23.2 Å². The lowest BCUT2D eigenvalue weighted by atomic mass is 10.1. The van der Waals surface area contributed by atoms with Crippen LogP contribution in [0.1, 0.15) is 30.9 Å². The first kappa shape index (κ1) is 16.0. The Morgan fingerprint density at radius 1 is 1.40 bits per heavy atom. The molecular weight excluding hydrogens is 317 g/mol. The number of carbonyl (C=O) groups excluding carboxylic acids is 1. The van der Waals surface area contributed by atoms with Gasteiger partial charge in [-0.1, -0.05) is 23.2 Å². The number of nitrogens with one attached hydrogen (secondary N) is 1. The van der Waals surface area contributed by atoms with Crippen LogP contribution in [0.3, 0.4) is 0 Å². The third-order valence-electron chi connectivity index (χ3n) is 3.17. The highest BCUT2D eigenvalue weighted by Gasteiger charge is 2.19. The smallest absolute Gasteiger partial charge is 0.223 e. The fourth-order valence-corrected chi connectivity index (χ4v) is 3.82. The Morgan fingerprint density at radius 3 is 2.70 bits per heavy atom. The zero-order valence-electron chi connectivity index (χ0n) is 10.9. The monoisotopic (exact) mass is 333 g/mol.